The molecule has 1 aromatic carbocycles. The smallest absolute Gasteiger partial charge is 0.329 e. The number of halogens is 2. The van der Waals surface area contributed by atoms with Crippen molar-refractivity contribution < 1.29 is 13.9 Å². The highest BCUT2D eigenvalue weighted by atomic mass is 35.5. The van der Waals surface area contributed by atoms with E-state index in [2.05, 4.69) is 10.6 Å². The van der Waals surface area contributed by atoms with Crippen LogP contribution in [-0.2, 0) is 9.53 Å². The Morgan fingerprint density at radius 3 is 2.89 bits per heavy atom. The van der Waals surface area contributed by atoms with E-state index in [1.807, 2.05) is 6.92 Å². The van der Waals surface area contributed by atoms with Crippen LogP contribution in [0.4, 0.5) is 10.1 Å². The van der Waals surface area contributed by atoms with E-state index < -0.39 is 11.9 Å². The monoisotopic (exact) mass is 302 g/mol. The SMILES string of the molecule is C[C@H]1C[C@@H](NC(=S)Nc2ccc(F)c(Cl)c2)C(=O)O1. The van der Waals surface area contributed by atoms with Gasteiger partial charge in [0, 0.05) is 12.1 Å². The average Bonchev–Trinajstić information content (AvgIpc) is 2.62. The van der Waals surface area contributed by atoms with Crippen LogP contribution in [0.15, 0.2) is 18.2 Å². The number of cyclic esters (lactones) is 1. The highest BCUT2D eigenvalue weighted by Gasteiger charge is 2.32. The minimum absolute atomic E-state index is 0.00157. The summed E-state index contributed by atoms with van der Waals surface area (Å²) < 4.78 is 18.0. The molecule has 1 aliphatic rings. The fraction of sp³-hybridized carbons (Fsp3) is 0.333. The van der Waals surface area contributed by atoms with Crippen LogP contribution >= 0.6 is 23.8 Å². The molecule has 2 rings (SSSR count). The Morgan fingerprint density at radius 2 is 2.32 bits per heavy atom. The molecule has 1 saturated heterocycles. The summed E-state index contributed by atoms with van der Waals surface area (Å²) in [6.07, 6.45) is 0.443. The highest BCUT2D eigenvalue weighted by molar-refractivity contribution is 7.80. The highest BCUT2D eigenvalue weighted by Crippen LogP contribution is 2.19. The van der Waals surface area contributed by atoms with E-state index in [4.69, 9.17) is 28.6 Å². The number of anilines is 1. The predicted molar refractivity (Wildman–Crippen MR) is 74.7 cm³/mol. The van der Waals surface area contributed by atoms with Gasteiger partial charge in [-0.05, 0) is 37.3 Å². The Morgan fingerprint density at radius 1 is 1.58 bits per heavy atom. The molecule has 4 nitrogen and oxygen atoms in total. The lowest BCUT2D eigenvalue weighted by atomic mass is 10.2. The van der Waals surface area contributed by atoms with E-state index in [1.165, 1.54) is 18.2 Å². The van der Waals surface area contributed by atoms with Crippen molar-refractivity contribution in [3.63, 3.8) is 0 Å². The lowest BCUT2D eigenvalue weighted by molar-refractivity contribution is -0.142. The molecule has 1 aliphatic heterocycles. The van der Waals surface area contributed by atoms with Gasteiger partial charge in [0.05, 0.1) is 5.02 Å². The minimum atomic E-state index is -0.501. The number of thiocarbonyl (C=S) groups is 1. The van der Waals surface area contributed by atoms with Gasteiger partial charge in [0.15, 0.2) is 5.11 Å². The van der Waals surface area contributed by atoms with Gasteiger partial charge in [-0.2, -0.15) is 0 Å². The number of rotatable bonds is 2. The molecular formula is C12H12ClFN2O2S. The second-order valence-corrected chi connectivity index (χ2v) is 5.08. The lowest BCUT2D eigenvalue weighted by Crippen LogP contribution is -2.40. The number of benzene rings is 1. The van der Waals surface area contributed by atoms with Crippen molar-refractivity contribution in [2.45, 2.75) is 25.5 Å². The number of hydrogen-bond acceptors (Lipinski definition) is 3. The second-order valence-electron chi connectivity index (χ2n) is 4.26. The van der Waals surface area contributed by atoms with Gasteiger partial charge in [-0.3, -0.25) is 0 Å². The molecular weight excluding hydrogens is 291 g/mol. The lowest BCUT2D eigenvalue weighted by Gasteiger charge is -2.13. The number of esters is 1. The van der Waals surface area contributed by atoms with E-state index >= 15 is 0 Å². The predicted octanol–water partition coefficient (Wildman–Crippen LogP) is 2.47. The number of hydrogen-bond donors (Lipinski definition) is 2. The Hall–Kier alpha value is -1.40. The molecule has 0 saturated carbocycles. The summed E-state index contributed by atoms with van der Waals surface area (Å²) >= 11 is 10.7. The van der Waals surface area contributed by atoms with Crippen molar-refractivity contribution in [2.24, 2.45) is 0 Å². The Balaban J connectivity index is 1.94. The quantitative estimate of drug-likeness (QED) is 0.649. The molecule has 0 spiro atoms. The van der Waals surface area contributed by atoms with Crippen molar-refractivity contribution in [2.75, 3.05) is 5.32 Å². The van der Waals surface area contributed by atoms with E-state index in [0.717, 1.165) is 0 Å². The maximum atomic E-state index is 13.0. The third kappa shape index (κ3) is 3.54. The molecule has 0 aromatic heterocycles. The summed E-state index contributed by atoms with van der Waals surface area (Å²) in [6.45, 7) is 1.82. The third-order valence-electron chi connectivity index (χ3n) is 2.65. The fourth-order valence-electron chi connectivity index (χ4n) is 1.77. The largest absolute Gasteiger partial charge is 0.461 e. The normalized spacial score (nSPS) is 21.9. The topological polar surface area (TPSA) is 50.4 Å². The summed E-state index contributed by atoms with van der Waals surface area (Å²) in [5.41, 5.74) is 0.545. The Bertz CT molecular complexity index is 526. The minimum Gasteiger partial charge on any atom is -0.461 e. The van der Waals surface area contributed by atoms with E-state index in [-0.39, 0.29) is 22.2 Å². The summed E-state index contributed by atoms with van der Waals surface area (Å²) in [4.78, 5) is 11.4. The van der Waals surface area contributed by atoms with Crippen LogP contribution in [0, 0.1) is 5.82 Å². The van der Waals surface area contributed by atoms with Crippen molar-refractivity contribution in [1.82, 2.24) is 5.32 Å². The van der Waals surface area contributed by atoms with Gasteiger partial charge in [-0.1, -0.05) is 11.6 Å². The Labute approximate surface area is 120 Å². The van der Waals surface area contributed by atoms with Crippen molar-refractivity contribution in [1.29, 1.82) is 0 Å². The van der Waals surface area contributed by atoms with E-state index in [9.17, 15) is 9.18 Å². The zero-order valence-electron chi connectivity index (χ0n) is 10.1. The molecule has 1 fully saturated rings. The van der Waals surface area contributed by atoms with Gasteiger partial charge in [0.25, 0.3) is 0 Å². The standard InChI is InChI=1S/C12H12ClFN2O2S/c1-6-4-10(11(17)18-6)16-12(19)15-7-2-3-9(14)8(13)5-7/h2-3,5-6,10H,4H2,1H3,(H2,15,16,19)/t6-,10+/m0/s1. The van der Waals surface area contributed by atoms with Crippen molar-refractivity contribution >= 4 is 40.6 Å². The summed E-state index contributed by atoms with van der Waals surface area (Å²) in [5.74, 6) is -0.826. The van der Waals surface area contributed by atoms with Crippen LogP contribution in [0.5, 0.6) is 0 Å². The molecule has 102 valence electrons. The van der Waals surface area contributed by atoms with Gasteiger partial charge in [0.1, 0.15) is 18.0 Å². The molecule has 2 atom stereocenters. The second kappa shape index (κ2) is 5.71. The van der Waals surface area contributed by atoms with Crippen molar-refractivity contribution in [3.8, 4) is 0 Å². The molecule has 19 heavy (non-hydrogen) atoms. The molecule has 0 aliphatic carbocycles. The van der Waals surface area contributed by atoms with Gasteiger partial charge in [-0.15, -0.1) is 0 Å². The maximum absolute atomic E-state index is 13.0. The molecule has 0 unspecified atom stereocenters. The zero-order valence-corrected chi connectivity index (χ0v) is 11.6. The Kier molecular flexibility index (Phi) is 4.21. The van der Waals surface area contributed by atoms with Crippen LogP contribution < -0.4 is 10.6 Å². The van der Waals surface area contributed by atoms with E-state index in [1.54, 1.807) is 0 Å². The first-order chi connectivity index (χ1) is 8.95. The summed E-state index contributed by atoms with van der Waals surface area (Å²) in [6, 6.07) is 3.70. The van der Waals surface area contributed by atoms with Crippen LogP contribution in [0.2, 0.25) is 5.02 Å². The zero-order chi connectivity index (χ0) is 14.0. The number of nitrogens with one attached hydrogen (secondary N) is 2. The third-order valence-corrected chi connectivity index (χ3v) is 3.16. The molecule has 0 radical (unpaired) electrons. The molecule has 2 N–H and O–H groups in total. The maximum Gasteiger partial charge on any atom is 0.329 e. The summed E-state index contributed by atoms with van der Waals surface area (Å²) in [5, 5.41) is 5.95. The number of ether oxygens (including phenoxy) is 1. The molecule has 0 amide bonds. The van der Waals surface area contributed by atoms with Crippen molar-refractivity contribution in [3.05, 3.63) is 29.0 Å². The number of carbonyl (C=O) groups is 1. The van der Waals surface area contributed by atoms with Gasteiger partial charge < -0.3 is 15.4 Å². The van der Waals surface area contributed by atoms with Crippen LogP contribution in [-0.4, -0.2) is 23.2 Å². The van der Waals surface area contributed by atoms with E-state index in [0.29, 0.717) is 12.1 Å². The number of carbonyl (C=O) groups excluding carboxylic acids is 1. The van der Waals surface area contributed by atoms with Gasteiger partial charge in [-0.25, -0.2) is 9.18 Å². The first-order valence-corrected chi connectivity index (χ1v) is 6.47. The van der Waals surface area contributed by atoms with Crippen LogP contribution in [0.3, 0.4) is 0 Å². The summed E-state index contributed by atoms with van der Waals surface area (Å²) in [7, 11) is 0. The molecule has 1 heterocycles. The van der Waals surface area contributed by atoms with Gasteiger partial charge >= 0.3 is 5.97 Å². The fourth-order valence-corrected chi connectivity index (χ4v) is 2.21. The first-order valence-electron chi connectivity index (χ1n) is 5.69. The van der Waals surface area contributed by atoms with Crippen LogP contribution in [0.1, 0.15) is 13.3 Å². The first kappa shape index (κ1) is 14.0. The molecule has 0 bridgehead atoms. The van der Waals surface area contributed by atoms with Gasteiger partial charge in [0.2, 0.25) is 0 Å². The van der Waals surface area contributed by atoms with Crippen LogP contribution in [0.25, 0.3) is 0 Å². The molecule has 1 aromatic rings. The molecule has 7 heteroatoms. The average molecular weight is 303 g/mol.